The molecule has 92 valence electrons. The molecule has 1 rings (SSSR count). The van der Waals surface area contributed by atoms with Crippen LogP contribution in [-0.2, 0) is 9.53 Å². The van der Waals surface area contributed by atoms with Gasteiger partial charge in [-0.25, -0.2) is 9.59 Å². The lowest BCUT2D eigenvalue weighted by Crippen LogP contribution is -2.56. The summed E-state index contributed by atoms with van der Waals surface area (Å²) in [7, 11) is 0. The van der Waals surface area contributed by atoms with Crippen LogP contribution in [0.1, 0.15) is 26.7 Å². The average Bonchev–Trinajstić information content (AvgIpc) is 2.69. The summed E-state index contributed by atoms with van der Waals surface area (Å²) >= 11 is 0. The van der Waals surface area contributed by atoms with E-state index in [1.165, 1.54) is 6.92 Å². The van der Waals surface area contributed by atoms with Crippen LogP contribution in [-0.4, -0.2) is 41.9 Å². The number of rotatable bonds is 4. The van der Waals surface area contributed by atoms with Crippen LogP contribution in [0.15, 0.2) is 0 Å². The molecule has 0 aliphatic carbocycles. The molecule has 0 spiro atoms. The summed E-state index contributed by atoms with van der Waals surface area (Å²) in [6.07, 6.45) is 1.10. The molecule has 0 aromatic carbocycles. The Morgan fingerprint density at radius 3 is 2.69 bits per heavy atom. The molecule has 0 aromatic heterocycles. The number of carbonyl (C=O) groups is 2. The second-order valence-electron chi connectivity index (χ2n) is 4.15. The minimum atomic E-state index is -1.22. The Morgan fingerprint density at radius 2 is 2.25 bits per heavy atom. The van der Waals surface area contributed by atoms with Gasteiger partial charge < -0.3 is 20.5 Å². The van der Waals surface area contributed by atoms with Crippen molar-refractivity contribution < 1.29 is 19.4 Å². The number of urea groups is 1. The first-order valence-corrected chi connectivity index (χ1v) is 5.38. The predicted octanol–water partition coefficient (Wildman–Crippen LogP) is 0.328. The Hall–Kier alpha value is -1.30. The van der Waals surface area contributed by atoms with E-state index in [9.17, 15) is 9.59 Å². The van der Waals surface area contributed by atoms with Crippen molar-refractivity contribution in [2.75, 3.05) is 13.2 Å². The van der Waals surface area contributed by atoms with Crippen molar-refractivity contribution in [3.05, 3.63) is 0 Å². The monoisotopic (exact) mass is 230 g/mol. The highest BCUT2D eigenvalue weighted by molar-refractivity contribution is 5.85. The van der Waals surface area contributed by atoms with E-state index in [4.69, 9.17) is 9.84 Å². The summed E-state index contributed by atoms with van der Waals surface area (Å²) < 4.78 is 5.10. The van der Waals surface area contributed by atoms with Crippen molar-refractivity contribution >= 4 is 12.0 Å². The van der Waals surface area contributed by atoms with E-state index in [-0.39, 0.29) is 6.04 Å². The maximum Gasteiger partial charge on any atom is 0.329 e. The van der Waals surface area contributed by atoms with Crippen LogP contribution < -0.4 is 10.6 Å². The number of ether oxygens (including phenoxy) is 1. The van der Waals surface area contributed by atoms with Gasteiger partial charge in [-0.05, 0) is 19.8 Å². The van der Waals surface area contributed by atoms with Crippen molar-refractivity contribution in [3.8, 4) is 0 Å². The number of carboxylic acid groups (broad SMARTS) is 1. The topological polar surface area (TPSA) is 87.7 Å². The third-order valence-corrected chi connectivity index (χ3v) is 2.83. The molecule has 1 aliphatic rings. The maximum atomic E-state index is 11.5. The maximum absolute atomic E-state index is 11.5. The summed E-state index contributed by atoms with van der Waals surface area (Å²) in [4.78, 5) is 22.5. The van der Waals surface area contributed by atoms with Gasteiger partial charge in [-0.2, -0.15) is 0 Å². The quantitative estimate of drug-likeness (QED) is 0.649. The van der Waals surface area contributed by atoms with Crippen LogP contribution in [0.4, 0.5) is 4.79 Å². The highest BCUT2D eigenvalue weighted by Gasteiger charge is 2.33. The predicted molar refractivity (Wildman–Crippen MR) is 57.2 cm³/mol. The van der Waals surface area contributed by atoms with Crippen LogP contribution >= 0.6 is 0 Å². The van der Waals surface area contributed by atoms with E-state index in [2.05, 4.69) is 10.6 Å². The summed E-state index contributed by atoms with van der Waals surface area (Å²) in [5.41, 5.74) is -1.22. The van der Waals surface area contributed by atoms with Crippen LogP contribution in [0.3, 0.4) is 0 Å². The van der Waals surface area contributed by atoms with E-state index >= 15 is 0 Å². The number of aliphatic carboxylic acids is 1. The first-order valence-electron chi connectivity index (χ1n) is 5.38. The molecule has 2 amide bonds. The average molecular weight is 230 g/mol. The Morgan fingerprint density at radius 1 is 1.56 bits per heavy atom. The Bertz CT molecular complexity index is 276. The molecule has 16 heavy (non-hydrogen) atoms. The van der Waals surface area contributed by atoms with Crippen LogP contribution in [0.5, 0.6) is 0 Å². The molecule has 2 unspecified atom stereocenters. The fourth-order valence-electron chi connectivity index (χ4n) is 1.41. The fraction of sp³-hybridized carbons (Fsp3) is 0.800. The fourth-order valence-corrected chi connectivity index (χ4v) is 1.41. The largest absolute Gasteiger partial charge is 0.480 e. The molecule has 1 fully saturated rings. The van der Waals surface area contributed by atoms with Gasteiger partial charge in [-0.1, -0.05) is 6.92 Å². The van der Waals surface area contributed by atoms with Crippen LogP contribution in [0, 0.1) is 0 Å². The first-order chi connectivity index (χ1) is 7.48. The van der Waals surface area contributed by atoms with Gasteiger partial charge in [0, 0.05) is 6.61 Å². The normalized spacial score (nSPS) is 23.5. The molecule has 1 saturated heterocycles. The lowest BCUT2D eigenvalue weighted by Gasteiger charge is -2.25. The molecule has 3 N–H and O–H groups in total. The summed E-state index contributed by atoms with van der Waals surface area (Å²) in [6.45, 7) is 4.32. The van der Waals surface area contributed by atoms with Crippen molar-refractivity contribution in [1.29, 1.82) is 0 Å². The highest BCUT2D eigenvalue weighted by atomic mass is 16.5. The second-order valence-corrected chi connectivity index (χ2v) is 4.15. The number of carbonyl (C=O) groups excluding carboxylic acids is 1. The molecule has 6 heteroatoms. The second kappa shape index (κ2) is 5.16. The van der Waals surface area contributed by atoms with Crippen molar-refractivity contribution in [2.24, 2.45) is 0 Å². The van der Waals surface area contributed by atoms with Gasteiger partial charge in [0.25, 0.3) is 0 Å². The molecule has 0 radical (unpaired) electrons. The zero-order valence-corrected chi connectivity index (χ0v) is 9.58. The van der Waals surface area contributed by atoms with Gasteiger partial charge in [-0.3, -0.25) is 0 Å². The molecular weight excluding hydrogens is 212 g/mol. The van der Waals surface area contributed by atoms with Gasteiger partial charge >= 0.3 is 12.0 Å². The van der Waals surface area contributed by atoms with Crippen molar-refractivity contribution in [3.63, 3.8) is 0 Å². The van der Waals surface area contributed by atoms with Gasteiger partial charge in [0.15, 0.2) is 0 Å². The number of hydrogen-bond acceptors (Lipinski definition) is 3. The highest BCUT2D eigenvalue weighted by Crippen LogP contribution is 2.09. The van der Waals surface area contributed by atoms with Gasteiger partial charge in [0.1, 0.15) is 5.54 Å². The third kappa shape index (κ3) is 3.10. The number of nitrogens with one attached hydrogen (secondary N) is 2. The lowest BCUT2D eigenvalue weighted by atomic mass is 10.00. The molecule has 1 aliphatic heterocycles. The minimum absolute atomic E-state index is 0.0186. The van der Waals surface area contributed by atoms with Crippen molar-refractivity contribution in [1.82, 2.24) is 10.6 Å². The molecule has 1 heterocycles. The van der Waals surface area contributed by atoms with Crippen LogP contribution in [0.25, 0.3) is 0 Å². The smallest absolute Gasteiger partial charge is 0.329 e. The number of hydrogen-bond donors (Lipinski definition) is 3. The van der Waals surface area contributed by atoms with Gasteiger partial charge in [0.2, 0.25) is 0 Å². The lowest BCUT2D eigenvalue weighted by molar-refractivity contribution is -0.143. The molecule has 0 saturated carbocycles. The molecule has 6 nitrogen and oxygen atoms in total. The Balaban J connectivity index is 2.45. The van der Waals surface area contributed by atoms with Crippen molar-refractivity contribution in [2.45, 2.75) is 38.3 Å². The van der Waals surface area contributed by atoms with E-state index < -0.39 is 17.5 Å². The van der Waals surface area contributed by atoms with E-state index in [0.717, 1.165) is 6.42 Å². The number of amides is 2. The summed E-state index contributed by atoms with van der Waals surface area (Å²) in [5, 5.41) is 14.1. The van der Waals surface area contributed by atoms with E-state index in [1.54, 1.807) is 6.92 Å². The first kappa shape index (κ1) is 12.8. The summed E-state index contributed by atoms with van der Waals surface area (Å²) in [6, 6.07) is -0.475. The summed E-state index contributed by atoms with van der Waals surface area (Å²) in [5.74, 6) is -1.03. The van der Waals surface area contributed by atoms with E-state index in [0.29, 0.717) is 19.6 Å². The third-order valence-electron chi connectivity index (χ3n) is 2.83. The van der Waals surface area contributed by atoms with Gasteiger partial charge in [0.05, 0.1) is 12.6 Å². The zero-order valence-electron chi connectivity index (χ0n) is 9.58. The molecule has 0 aromatic rings. The van der Waals surface area contributed by atoms with Crippen LogP contribution in [0.2, 0.25) is 0 Å². The Kier molecular flexibility index (Phi) is 4.12. The van der Waals surface area contributed by atoms with E-state index in [1.807, 2.05) is 0 Å². The van der Waals surface area contributed by atoms with Gasteiger partial charge in [-0.15, -0.1) is 0 Å². The number of carboxylic acids is 1. The SMILES string of the molecule is CCC(C)(NC(=O)NC1CCOC1)C(=O)O. The zero-order chi connectivity index (χ0) is 12.2. The molecular formula is C10H18N2O4. The molecule has 0 bridgehead atoms. The standard InChI is InChI=1S/C10H18N2O4/c1-3-10(2,8(13)14)12-9(15)11-7-4-5-16-6-7/h7H,3-6H2,1-2H3,(H,13,14)(H2,11,12,15). The minimum Gasteiger partial charge on any atom is -0.480 e. The Labute approximate surface area is 94.3 Å². The molecule has 2 atom stereocenters.